The van der Waals surface area contributed by atoms with Gasteiger partial charge in [0.2, 0.25) is 0 Å². The number of hydrogen-bond acceptors (Lipinski definition) is 4. The number of ether oxygens (including phenoxy) is 2. The van der Waals surface area contributed by atoms with Crippen molar-refractivity contribution in [1.29, 1.82) is 0 Å². The Hall–Kier alpha value is -1.32. The third-order valence-electron chi connectivity index (χ3n) is 2.66. The van der Waals surface area contributed by atoms with E-state index in [2.05, 4.69) is 0 Å². The van der Waals surface area contributed by atoms with Gasteiger partial charge in [0.15, 0.2) is 0 Å². The van der Waals surface area contributed by atoms with Crippen LogP contribution in [0.25, 0.3) is 0 Å². The molecule has 2 rings (SSSR count). The third-order valence-corrected chi connectivity index (χ3v) is 9.97. The molecule has 0 aliphatic heterocycles. The molecule has 4 nitrogen and oxygen atoms in total. The minimum atomic E-state index is 0.298. The Morgan fingerprint density at radius 1 is 0.750 bits per heavy atom. The second-order valence-corrected chi connectivity index (χ2v) is 10.2. The molecular weight excluding hydrogens is 386 g/mol. The van der Waals surface area contributed by atoms with Gasteiger partial charge in [-0.15, -0.1) is 0 Å². The molecule has 0 bridgehead atoms. The van der Waals surface area contributed by atoms with E-state index >= 15 is 0 Å². The van der Waals surface area contributed by atoms with E-state index < -0.39 is 0 Å². The topological polar surface area (TPSA) is 70.5 Å². The van der Waals surface area contributed by atoms with E-state index in [0.29, 0.717) is 26.3 Å². The van der Waals surface area contributed by atoms with Gasteiger partial charge < -0.3 is 0 Å². The predicted molar refractivity (Wildman–Crippen MR) is 85.6 cm³/mol. The fourth-order valence-corrected chi connectivity index (χ4v) is 8.36. The van der Waals surface area contributed by atoms with Crippen LogP contribution >= 0.6 is 0 Å². The van der Waals surface area contributed by atoms with Crippen molar-refractivity contribution >= 4 is 46.6 Å². The molecule has 0 saturated carbocycles. The van der Waals surface area contributed by atoms with Crippen molar-refractivity contribution in [2.75, 3.05) is 25.7 Å². The quantitative estimate of drug-likeness (QED) is 0.552. The first-order chi connectivity index (χ1) is 9.63. The zero-order chi connectivity index (χ0) is 14.5. The molecule has 0 fully saturated rings. The van der Waals surface area contributed by atoms with Crippen LogP contribution in [-0.2, 0) is 0 Å². The molecule has 0 atom stereocenters. The van der Waals surface area contributed by atoms with Crippen molar-refractivity contribution in [2.24, 2.45) is 0 Å². The summed E-state index contributed by atoms with van der Waals surface area (Å²) in [6, 6.07) is 11.7. The van der Waals surface area contributed by atoms with Crippen molar-refractivity contribution in [3.05, 3.63) is 36.4 Å². The van der Waals surface area contributed by atoms with Crippen LogP contribution in [0, 0.1) is 0 Å². The molecule has 0 aliphatic rings. The summed E-state index contributed by atoms with van der Waals surface area (Å²) in [5.74, 6) is 1.58. The molecule has 0 saturated heterocycles. The molecule has 0 heterocycles. The van der Waals surface area contributed by atoms with E-state index in [9.17, 15) is 0 Å². The number of benzene rings is 2. The Kier molecular flexibility index (Phi) is 5.21. The molecule has 0 aliphatic carbocycles. The molecule has 4 N–H and O–H groups in total. The van der Waals surface area contributed by atoms with Gasteiger partial charge in [0.1, 0.15) is 0 Å². The molecular formula is C14H16N2O2Se2. The summed E-state index contributed by atoms with van der Waals surface area (Å²) in [7, 11) is 3.28. The predicted octanol–water partition coefficient (Wildman–Crippen LogP) is 0.142. The van der Waals surface area contributed by atoms with Crippen molar-refractivity contribution in [3.63, 3.8) is 0 Å². The molecule has 0 amide bonds. The van der Waals surface area contributed by atoms with Gasteiger partial charge in [0.25, 0.3) is 0 Å². The van der Waals surface area contributed by atoms with Gasteiger partial charge in [-0.05, 0) is 0 Å². The van der Waals surface area contributed by atoms with Gasteiger partial charge in [-0.3, -0.25) is 0 Å². The zero-order valence-electron chi connectivity index (χ0n) is 11.3. The van der Waals surface area contributed by atoms with E-state index in [4.69, 9.17) is 20.9 Å². The summed E-state index contributed by atoms with van der Waals surface area (Å²) in [5.41, 5.74) is 13.7. The summed E-state index contributed by atoms with van der Waals surface area (Å²) in [5, 5.41) is 0. The average Bonchev–Trinajstić information content (AvgIpc) is 2.46. The normalized spacial score (nSPS) is 10.3. The van der Waals surface area contributed by atoms with Crippen LogP contribution in [0.4, 0.5) is 11.4 Å². The van der Waals surface area contributed by atoms with E-state index in [1.807, 2.05) is 36.4 Å². The van der Waals surface area contributed by atoms with Gasteiger partial charge in [-0.1, -0.05) is 0 Å². The van der Waals surface area contributed by atoms with Crippen LogP contribution in [-0.4, -0.2) is 40.5 Å². The summed E-state index contributed by atoms with van der Waals surface area (Å²) in [6.07, 6.45) is 0. The molecule has 0 aromatic heterocycles. The van der Waals surface area contributed by atoms with Crippen LogP contribution in [0.1, 0.15) is 0 Å². The number of nitrogen functional groups attached to an aromatic ring is 2. The van der Waals surface area contributed by atoms with Crippen LogP contribution in [0.5, 0.6) is 11.5 Å². The van der Waals surface area contributed by atoms with Gasteiger partial charge in [0, 0.05) is 0 Å². The molecule has 0 radical (unpaired) electrons. The minimum absolute atomic E-state index is 0.298. The summed E-state index contributed by atoms with van der Waals surface area (Å²) >= 11 is 0.595. The SMILES string of the molecule is COc1ccc([Se][Se]c2ccc(OC)cc2N)c(N)c1. The number of anilines is 2. The monoisotopic (exact) mass is 404 g/mol. The zero-order valence-corrected chi connectivity index (χ0v) is 14.7. The van der Waals surface area contributed by atoms with Gasteiger partial charge >= 0.3 is 130 Å². The molecule has 0 spiro atoms. The third kappa shape index (κ3) is 3.61. The Labute approximate surface area is 129 Å². The van der Waals surface area contributed by atoms with Gasteiger partial charge in [-0.2, -0.15) is 0 Å². The second kappa shape index (κ2) is 6.91. The van der Waals surface area contributed by atoms with Gasteiger partial charge in [0.05, 0.1) is 0 Å². The van der Waals surface area contributed by atoms with Crippen molar-refractivity contribution < 1.29 is 9.47 Å². The molecule has 2 aromatic rings. The van der Waals surface area contributed by atoms with Gasteiger partial charge in [-0.25, -0.2) is 0 Å². The first-order valence-corrected chi connectivity index (χ1v) is 11.9. The Bertz CT molecular complexity index is 552. The van der Waals surface area contributed by atoms with Crippen molar-refractivity contribution in [1.82, 2.24) is 0 Å². The second-order valence-electron chi connectivity index (χ2n) is 3.97. The number of nitrogens with two attached hydrogens (primary N) is 2. The first kappa shape index (κ1) is 15.1. The van der Waals surface area contributed by atoms with Crippen molar-refractivity contribution in [2.45, 2.75) is 0 Å². The van der Waals surface area contributed by atoms with Crippen LogP contribution < -0.4 is 29.9 Å². The molecule has 2 aromatic carbocycles. The summed E-state index contributed by atoms with van der Waals surface area (Å²) in [6.45, 7) is 0. The fourth-order valence-electron chi connectivity index (χ4n) is 1.55. The Balaban J connectivity index is 2.09. The molecule has 20 heavy (non-hydrogen) atoms. The maximum atomic E-state index is 6.04. The Morgan fingerprint density at radius 2 is 1.15 bits per heavy atom. The number of rotatable bonds is 5. The maximum absolute atomic E-state index is 6.04. The average molecular weight is 402 g/mol. The number of methoxy groups -OCH3 is 2. The first-order valence-electron chi connectivity index (χ1n) is 5.85. The van der Waals surface area contributed by atoms with Crippen LogP contribution in [0.2, 0.25) is 0 Å². The van der Waals surface area contributed by atoms with Crippen molar-refractivity contribution in [3.8, 4) is 11.5 Å². The van der Waals surface area contributed by atoms with E-state index in [1.54, 1.807) is 14.2 Å². The number of hydrogen-bond donors (Lipinski definition) is 2. The Morgan fingerprint density at radius 3 is 1.45 bits per heavy atom. The van der Waals surface area contributed by atoms with Crippen LogP contribution in [0.3, 0.4) is 0 Å². The fraction of sp³-hybridized carbons (Fsp3) is 0.143. The van der Waals surface area contributed by atoms with Crippen LogP contribution in [0.15, 0.2) is 36.4 Å². The molecule has 0 unspecified atom stereocenters. The molecule has 6 heteroatoms. The standard InChI is InChI=1S/C14H16N2O2Se2/c1-17-9-3-5-13(11(15)7-9)19-20-14-6-4-10(18-2)8-12(14)16/h3-8H,15-16H2,1-2H3. The summed E-state index contributed by atoms with van der Waals surface area (Å²) < 4.78 is 12.7. The van der Waals surface area contributed by atoms with E-state index in [-0.39, 0.29) is 0 Å². The van der Waals surface area contributed by atoms with E-state index in [0.717, 1.165) is 22.9 Å². The van der Waals surface area contributed by atoms with E-state index in [1.165, 1.54) is 8.92 Å². The summed E-state index contributed by atoms with van der Waals surface area (Å²) in [4.78, 5) is 0. The molecule has 106 valence electrons.